The lowest BCUT2D eigenvalue weighted by Crippen LogP contribution is -2.51. The van der Waals surface area contributed by atoms with Crippen LogP contribution in [0.5, 0.6) is 0 Å². The number of nitriles is 1. The molecule has 406 valence electrons. The van der Waals surface area contributed by atoms with Crippen LogP contribution in [-0.4, -0.2) is 79.6 Å². The molecule has 4 heterocycles. The van der Waals surface area contributed by atoms with Gasteiger partial charge in [0, 0.05) is 67.4 Å². The van der Waals surface area contributed by atoms with Gasteiger partial charge in [-0.2, -0.15) is 5.26 Å². The molecular formula is C61H73N7O7S2. The van der Waals surface area contributed by atoms with Crippen LogP contribution in [-0.2, 0) is 20.7 Å². The molecule has 16 heteroatoms. The largest absolute Gasteiger partial charge is 0.438 e. The van der Waals surface area contributed by atoms with Crippen LogP contribution in [0.2, 0.25) is 0 Å². The van der Waals surface area contributed by atoms with Crippen molar-refractivity contribution >= 4 is 46.7 Å². The third-order valence-corrected chi connectivity index (χ3v) is 16.3. The van der Waals surface area contributed by atoms with Crippen molar-refractivity contribution in [2.45, 2.75) is 149 Å². The van der Waals surface area contributed by atoms with Gasteiger partial charge in [0.25, 0.3) is 11.8 Å². The third-order valence-electron chi connectivity index (χ3n) is 14.4. The lowest BCUT2D eigenvalue weighted by Gasteiger charge is -2.45. The zero-order valence-electron chi connectivity index (χ0n) is 43.4. The summed E-state index contributed by atoms with van der Waals surface area (Å²) in [4.78, 5) is 64.3. The van der Waals surface area contributed by atoms with E-state index < -0.39 is 22.2 Å². The van der Waals surface area contributed by atoms with Crippen LogP contribution >= 0.6 is 22.7 Å². The van der Waals surface area contributed by atoms with Gasteiger partial charge in [0.1, 0.15) is 31.8 Å². The standard InChI is InChI=1S/C30H32N4O3S.C29H33N3O4S.2CH4/c1-20(21-9-11-22(12-10-21)27-32-17-25(38-27)26(35)33-24-13-14-24)34-16-15-30(37-28(34)36,18-29(2,3)19-31)23-7-5-4-6-8-23;1-19(20-9-11-21(12-10-20)26-31-24(17-37-26)25(33)30-23-13-14-23)32-16-15-29(36-27(32)34,18-28(2,3)35)22-7-5-4-6-8-22;;/h4-12,17,20,24H,13-16,18H2,1-3H3,(H,33,35);4-12,17,19,23,35H,13-16,18H2,1-3H3,(H,30,33);2*1H4/t20-,30-;19-,29-;;/m00../s1. The number of ether oxygens (including phenoxy) is 2. The minimum absolute atomic E-state index is 0. The summed E-state index contributed by atoms with van der Waals surface area (Å²) in [6.45, 7) is 12.3. The van der Waals surface area contributed by atoms with E-state index in [1.54, 1.807) is 35.2 Å². The molecule has 2 aliphatic heterocycles. The first-order valence-corrected chi connectivity index (χ1v) is 27.5. The first-order valence-electron chi connectivity index (χ1n) is 25.8. The van der Waals surface area contributed by atoms with Crippen LogP contribution < -0.4 is 10.6 Å². The van der Waals surface area contributed by atoms with Gasteiger partial charge in [-0.25, -0.2) is 19.6 Å². The molecule has 2 aliphatic carbocycles. The fraction of sp³-hybridized carbons (Fsp3) is 0.426. The van der Waals surface area contributed by atoms with E-state index in [-0.39, 0.29) is 50.9 Å². The molecule has 2 saturated heterocycles. The van der Waals surface area contributed by atoms with Gasteiger partial charge < -0.3 is 35.0 Å². The second-order valence-corrected chi connectivity index (χ2v) is 23.6. The molecule has 4 aromatic carbocycles. The van der Waals surface area contributed by atoms with Gasteiger partial charge >= 0.3 is 12.2 Å². The fourth-order valence-electron chi connectivity index (χ4n) is 10.0. The minimum Gasteiger partial charge on any atom is -0.438 e. The minimum atomic E-state index is -0.992. The number of thiazole rings is 2. The van der Waals surface area contributed by atoms with Crippen molar-refractivity contribution < 1.29 is 33.8 Å². The monoisotopic (exact) mass is 1080 g/mol. The van der Waals surface area contributed by atoms with Gasteiger partial charge in [-0.15, -0.1) is 22.7 Å². The van der Waals surface area contributed by atoms with Crippen LogP contribution in [0.3, 0.4) is 0 Å². The molecule has 4 atom stereocenters. The SMILES string of the molecule is C.C.C[C@@H](c1ccc(-c2nc(C(=O)NC3CC3)cs2)cc1)N1CC[C@](CC(C)(C)O)(c2ccccc2)OC1=O.C[C@@H](c1ccc(-c2ncc(C(=O)NC3CC3)s2)cc1)N1CC[C@](CC(C)(C)C#N)(c2ccccc2)OC1=O. The third kappa shape index (κ3) is 13.8. The molecule has 6 aromatic rings. The van der Waals surface area contributed by atoms with Crippen molar-refractivity contribution in [3.8, 4) is 27.2 Å². The quantitative estimate of drug-likeness (QED) is 0.0842. The van der Waals surface area contributed by atoms with Gasteiger partial charge in [-0.1, -0.05) is 124 Å². The summed E-state index contributed by atoms with van der Waals surface area (Å²) < 4.78 is 12.3. The second kappa shape index (κ2) is 23.8. The number of benzene rings is 4. The Morgan fingerprint density at radius 2 is 1.17 bits per heavy atom. The zero-order valence-corrected chi connectivity index (χ0v) is 45.0. The maximum absolute atomic E-state index is 13.4. The van der Waals surface area contributed by atoms with Gasteiger partial charge in [0.05, 0.1) is 35.4 Å². The van der Waals surface area contributed by atoms with Crippen LogP contribution in [0, 0.1) is 16.7 Å². The maximum Gasteiger partial charge on any atom is 0.411 e. The smallest absolute Gasteiger partial charge is 0.411 e. The fourth-order valence-corrected chi connectivity index (χ4v) is 11.6. The van der Waals surface area contributed by atoms with E-state index in [0.29, 0.717) is 61.4 Å². The summed E-state index contributed by atoms with van der Waals surface area (Å²) in [5.41, 5.74) is 2.75. The van der Waals surface area contributed by atoms with Gasteiger partial charge in [-0.05, 0) is 89.5 Å². The first kappa shape index (κ1) is 57.8. The molecule has 0 bridgehead atoms. The molecule has 4 amide bonds. The van der Waals surface area contributed by atoms with E-state index in [4.69, 9.17) is 9.47 Å². The molecular weight excluding hydrogens is 1010 g/mol. The summed E-state index contributed by atoms with van der Waals surface area (Å²) in [6.07, 6.45) is 6.97. The average molecular weight is 1080 g/mol. The highest BCUT2D eigenvalue weighted by atomic mass is 32.1. The molecule has 0 unspecified atom stereocenters. The average Bonchev–Trinajstić information content (AvgIpc) is 4.30. The molecule has 2 aromatic heterocycles. The molecule has 4 fully saturated rings. The van der Waals surface area contributed by atoms with Crippen molar-refractivity contribution in [2.75, 3.05) is 13.1 Å². The van der Waals surface area contributed by atoms with Gasteiger partial charge in [0.2, 0.25) is 0 Å². The Balaban J connectivity index is 0.000000218. The topological polar surface area (TPSA) is 187 Å². The van der Waals surface area contributed by atoms with Crippen molar-refractivity contribution in [3.05, 3.63) is 154 Å². The number of carbonyl (C=O) groups excluding carboxylic acids is 4. The van der Waals surface area contributed by atoms with Crippen LogP contribution in [0.1, 0.15) is 162 Å². The lowest BCUT2D eigenvalue weighted by molar-refractivity contribution is -0.101. The summed E-state index contributed by atoms with van der Waals surface area (Å²) in [5.74, 6) is -0.176. The molecule has 4 aliphatic rings. The molecule has 2 saturated carbocycles. The van der Waals surface area contributed by atoms with Crippen LogP contribution in [0.25, 0.3) is 21.1 Å². The molecule has 77 heavy (non-hydrogen) atoms. The number of rotatable bonds is 16. The number of nitrogens with zero attached hydrogens (tertiary/aromatic N) is 5. The number of nitrogens with one attached hydrogen (secondary N) is 2. The Hall–Kier alpha value is -6.93. The summed E-state index contributed by atoms with van der Waals surface area (Å²) in [5, 5.41) is 29.6. The van der Waals surface area contributed by atoms with Crippen molar-refractivity contribution in [2.24, 2.45) is 5.41 Å². The van der Waals surface area contributed by atoms with Crippen molar-refractivity contribution in [1.29, 1.82) is 5.26 Å². The Kier molecular flexibility index (Phi) is 17.8. The van der Waals surface area contributed by atoms with E-state index in [9.17, 15) is 29.5 Å². The molecule has 10 rings (SSSR count). The van der Waals surface area contributed by atoms with E-state index in [1.165, 1.54) is 22.7 Å². The predicted molar refractivity (Wildman–Crippen MR) is 303 cm³/mol. The second-order valence-electron chi connectivity index (χ2n) is 21.7. The Labute approximate surface area is 461 Å². The molecule has 3 N–H and O–H groups in total. The molecule has 14 nitrogen and oxygen atoms in total. The highest BCUT2D eigenvalue weighted by Crippen LogP contribution is 2.46. The zero-order chi connectivity index (χ0) is 53.1. The van der Waals surface area contributed by atoms with Crippen molar-refractivity contribution in [1.82, 2.24) is 30.4 Å². The van der Waals surface area contributed by atoms with Crippen molar-refractivity contribution in [3.63, 3.8) is 0 Å². The summed E-state index contributed by atoms with van der Waals surface area (Å²) in [7, 11) is 0. The van der Waals surface area contributed by atoms with Gasteiger partial charge in [-0.3, -0.25) is 9.59 Å². The highest BCUT2D eigenvalue weighted by molar-refractivity contribution is 7.16. The number of carbonyl (C=O) groups is 4. The van der Waals surface area contributed by atoms with Gasteiger partial charge in [0.15, 0.2) is 0 Å². The summed E-state index contributed by atoms with van der Waals surface area (Å²) >= 11 is 2.83. The predicted octanol–water partition coefficient (Wildman–Crippen LogP) is 13.4. The summed E-state index contributed by atoms with van der Waals surface area (Å²) in [6, 6.07) is 37.9. The number of hydrogen-bond donors (Lipinski definition) is 3. The number of amides is 4. The number of aromatic nitrogens is 2. The van der Waals surface area contributed by atoms with E-state index in [1.807, 2.05) is 137 Å². The Morgan fingerprint density at radius 3 is 1.61 bits per heavy atom. The molecule has 0 spiro atoms. The lowest BCUT2D eigenvalue weighted by atomic mass is 9.75. The van der Waals surface area contributed by atoms with E-state index >= 15 is 0 Å². The highest BCUT2D eigenvalue weighted by Gasteiger charge is 2.48. The maximum atomic E-state index is 13.4. The Bertz CT molecular complexity index is 3030. The van der Waals surface area contributed by atoms with E-state index in [2.05, 4.69) is 26.7 Å². The molecule has 0 radical (unpaired) electrons. The normalized spacial score (nSPS) is 20.1. The Morgan fingerprint density at radius 1 is 0.714 bits per heavy atom. The number of cyclic esters (lactones) is 2. The number of hydrogen-bond acceptors (Lipinski definition) is 12. The van der Waals surface area contributed by atoms with E-state index in [0.717, 1.165) is 69.1 Å². The first-order chi connectivity index (χ1) is 35.8. The van der Waals surface area contributed by atoms with Crippen LogP contribution in [0.15, 0.2) is 121 Å². The number of aliphatic hydroxyl groups is 1. The van der Waals surface area contributed by atoms with Crippen LogP contribution in [0.4, 0.5) is 9.59 Å².